The zero-order valence-corrected chi connectivity index (χ0v) is 29.0. The Kier molecular flexibility index (Phi) is 12.1. The second-order valence-corrected chi connectivity index (χ2v) is 14.3. The van der Waals surface area contributed by atoms with Crippen LogP contribution in [0.1, 0.15) is 36.1 Å². The monoisotopic (exact) mass is 675 g/mol. The van der Waals surface area contributed by atoms with Crippen LogP contribution in [0.3, 0.4) is 0 Å². The second kappa shape index (κ2) is 16.0. The summed E-state index contributed by atoms with van der Waals surface area (Å²) in [6, 6.07) is 27.2. The van der Waals surface area contributed by atoms with Crippen molar-refractivity contribution in [1.29, 1.82) is 0 Å². The zero-order chi connectivity index (χ0) is 34.1. The van der Waals surface area contributed by atoms with Crippen LogP contribution in [0, 0.1) is 19.8 Å². The Morgan fingerprint density at radius 3 is 2.06 bits per heavy atom. The van der Waals surface area contributed by atoms with Gasteiger partial charge in [-0.2, -0.15) is 0 Å². The maximum atomic E-state index is 14.7. The number of rotatable bonds is 14. The maximum Gasteiger partial charge on any atom is 0.264 e. The highest BCUT2D eigenvalue weighted by atomic mass is 35.5. The summed E-state index contributed by atoms with van der Waals surface area (Å²) in [6.07, 6.45) is 0.230. The molecule has 8 nitrogen and oxygen atoms in total. The smallest absolute Gasteiger partial charge is 0.264 e. The van der Waals surface area contributed by atoms with Crippen LogP contribution < -0.4 is 14.4 Å². The third kappa shape index (κ3) is 9.36. The van der Waals surface area contributed by atoms with Gasteiger partial charge in [0.1, 0.15) is 18.3 Å². The number of benzene rings is 4. The van der Waals surface area contributed by atoms with Gasteiger partial charge in [0, 0.05) is 24.5 Å². The van der Waals surface area contributed by atoms with Crippen LogP contribution >= 0.6 is 11.6 Å². The van der Waals surface area contributed by atoms with E-state index in [0.29, 0.717) is 6.54 Å². The van der Waals surface area contributed by atoms with E-state index in [9.17, 15) is 18.0 Å². The first-order valence-corrected chi connectivity index (χ1v) is 17.3. The van der Waals surface area contributed by atoms with Gasteiger partial charge in [0.15, 0.2) is 0 Å². The fourth-order valence-electron chi connectivity index (χ4n) is 5.08. The van der Waals surface area contributed by atoms with Crippen LogP contribution in [0.4, 0.5) is 5.69 Å². The molecule has 0 aliphatic rings. The van der Waals surface area contributed by atoms with Crippen molar-refractivity contribution < 1.29 is 22.7 Å². The largest absolute Gasteiger partial charge is 0.495 e. The number of carbonyl (C=O) groups excluding carboxylic acids is 2. The number of halogens is 1. The molecule has 4 aromatic rings. The molecule has 0 spiro atoms. The molecule has 0 aliphatic carbocycles. The molecule has 0 unspecified atom stereocenters. The standard InChI is InChI=1S/C37H42ClN3O5S/c1-26(2)23-39-37(43)34(21-29-9-7-6-8-10-29)40(24-30-15-11-27(3)12-16-30)36(42)25-41(33-22-31(38)17-20-35(33)46-5)47(44,45)32-18-13-28(4)14-19-32/h6-20,22,26,34H,21,23-25H2,1-5H3,(H,39,43)/t34-/m1/s1. The Hall–Kier alpha value is -4.34. The van der Waals surface area contributed by atoms with Crippen molar-refractivity contribution in [2.24, 2.45) is 5.92 Å². The van der Waals surface area contributed by atoms with Crippen LogP contribution in [0.5, 0.6) is 5.75 Å². The van der Waals surface area contributed by atoms with Crippen LogP contribution in [0.25, 0.3) is 0 Å². The molecule has 4 rings (SSSR count). The Morgan fingerprint density at radius 2 is 1.47 bits per heavy atom. The molecule has 248 valence electrons. The predicted octanol–water partition coefficient (Wildman–Crippen LogP) is 6.57. The lowest BCUT2D eigenvalue weighted by Gasteiger charge is -2.34. The van der Waals surface area contributed by atoms with E-state index in [-0.39, 0.29) is 46.1 Å². The summed E-state index contributed by atoms with van der Waals surface area (Å²) >= 11 is 6.37. The molecular formula is C37H42ClN3O5S. The van der Waals surface area contributed by atoms with Crippen LogP contribution in [0.15, 0.2) is 102 Å². The van der Waals surface area contributed by atoms with Gasteiger partial charge in [-0.15, -0.1) is 0 Å². The van der Waals surface area contributed by atoms with Crippen molar-refractivity contribution in [2.45, 2.75) is 51.6 Å². The van der Waals surface area contributed by atoms with E-state index in [2.05, 4.69) is 5.32 Å². The minimum absolute atomic E-state index is 0.00137. The fourth-order valence-corrected chi connectivity index (χ4v) is 6.66. The number of sulfonamides is 1. The third-order valence-corrected chi connectivity index (χ3v) is 9.74. The molecule has 0 heterocycles. The molecule has 0 bridgehead atoms. The van der Waals surface area contributed by atoms with Gasteiger partial charge in [0.25, 0.3) is 10.0 Å². The summed E-state index contributed by atoms with van der Waals surface area (Å²) in [6.45, 7) is 7.71. The van der Waals surface area contributed by atoms with E-state index < -0.39 is 28.5 Å². The third-order valence-electron chi connectivity index (χ3n) is 7.73. The molecule has 0 saturated carbocycles. The van der Waals surface area contributed by atoms with Gasteiger partial charge in [0.2, 0.25) is 11.8 Å². The Labute approximate surface area is 283 Å². The number of hydrogen-bond acceptors (Lipinski definition) is 5. The van der Waals surface area contributed by atoms with Gasteiger partial charge in [-0.05, 0) is 61.2 Å². The number of nitrogens with zero attached hydrogens (tertiary/aromatic N) is 2. The van der Waals surface area contributed by atoms with Gasteiger partial charge >= 0.3 is 0 Å². The van der Waals surface area contributed by atoms with Crippen molar-refractivity contribution in [1.82, 2.24) is 10.2 Å². The minimum Gasteiger partial charge on any atom is -0.495 e. The molecule has 1 atom stereocenters. The minimum atomic E-state index is -4.31. The fraction of sp³-hybridized carbons (Fsp3) is 0.297. The summed E-state index contributed by atoms with van der Waals surface area (Å²) < 4.78 is 35.2. The van der Waals surface area contributed by atoms with Crippen molar-refractivity contribution in [2.75, 3.05) is 24.5 Å². The van der Waals surface area contributed by atoms with E-state index in [1.54, 1.807) is 24.3 Å². The quantitative estimate of drug-likeness (QED) is 0.163. The average molecular weight is 676 g/mol. The van der Waals surface area contributed by atoms with Gasteiger partial charge in [-0.3, -0.25) is 13.9 Å². The SMILES string of the molecule is COc1ccc(Cl)cc1N(CC(=O)N(Cc1ccc(C)cc1)[C@H](Cc1ccccc1)C(=O)NCC(C)C)S(=O)(=O)c1ccc(C)cc1. The molecule has 10 heteroatoms. The van der Waals surface area contributed by atoms with Crippen LogP contribution in [-0.2, 0) is 32.6 Å². The summed E-state index contributed by atoms with van der Waals surface area (Å²) in [5, 5.41) is 3.27. The van der Waals surface area contributed by atoms with E-state index >= 15 is 0 Å². The first kappa shape index (κ1) is 35.5. The molecule has 0 saturated heterocycles. The molecule has 47 heavy (non-hydrogen) atoms. The van der Waals surface area contributed by atoms with E-state index in [0.717, 1.165) is 26.6 Å². The van der Waals surface area contributed by atoms with Crippen LogP contribution in [-0.4, -0.2) is 51.4 Å². The normalized spacial score (nSPS) is 12.0. The van der Waals surface area contributed by atoms with Crippen molar-refractivity contribution in [3.05, 3.63) is 124 Å². The summed E-state index contributed by atoms with van der Waals surface area (Å²) in [7, 11) is -2.89. The van der Waals surface area contributed by atoms with E-state index in [1.165, 1.54) is 30.2 Å². The number of anilines is 1. The summed E-state index contributed by atoms with van der Waals surface area (Å²) in [5.41, 5.74) is 3.69. The number of amides is 2. The number of hydrogen-bond donors (Lipinski definition) is 1. The molecular weight excluding hydrogens is 634 g/mol. The van der Waals surface area contributed by atoms with Crippen LogP contribution in [0.2, 0.25) is 5.02 Å². The molecule has 2 amide bonds. The highest BCUT2D eigenvalue weighted by Gasteiger charge is 2.35. The summed E-state index contributed by atoms with van der Waals surface area (Å²) in [5.74, 6) is -0.485. The second-order valence-electron chi connectivity index (χ2n) is 12.0. The number of ether oxygens (including phenoxy) is 1. The maximum absolute atomic E-state index is 14.7. The number of nitrogens with one attached hydrogen (secondary N) is 1. The Bertz CT molecular complexity index is 1760. The van der Waals surface area contributed by atoms with Gasteiger partial charge in [-0.25, -0.2) is 8.42 Å². The van der Waals surface area contributed by atoms with Gasteiger partial charge < -0.3 is 15.0 Å². The van der Waals surface area contributed by atoms with Crippen molar-refractivity contribution in [3.63, 3.8) is 0 Å². The zero-order valence-electron chi connectivity index (χ0n) is 27.4. The molecule has 0 radical (unpaired) electrons. The van der Waals surface area contributed by atoms with Gasteiger partial charge in [-0.1, -0.05) is 103 Å². The van der Waals surface area contributed by atoms with Gasteiger partial charge in [0.05, 0.1) is 17.7 Å². The first-order chi connectivity index (χ1) is 22.4. The molecule has 4 aromatic carbocycles. The summed E-state index contributed by atoms with van der Waals surface area (Å²) in [4.78, 5) is 30.0. The highest BCUT2D eigenvalue weighted by molar-refractivity contribution is 7.92. The van der Waals surface area contributed by atoms with Crippen molar-refractivity contribution in [3.8, 4) is 5.75 Å². The molecule has 0 aliphatic heterocycles. The lowest BCUT2D eigenvalue weighted by molar-refractivity contribution is -0.140. The van der Waals surface area contributed by atoms with E-state index in [4.69, 9.17) is 16.3 Å². The Balaban J connectivity index is 1.84. The number of aryl methyl sites for hydroxylation is 2. The predicted molar refractivity (Wildman–Crippen MR) is 187 cm³/mol. The van der Waals surface area contributed by atoms with Crippen molar-refractivity contribution >= 4 is 39.1 Å². The number of carbonyl (C=O) groups is 2. The van der Waals surface area contributed by atoms with E-state index in [1.807, 2.05) is 82.3 Å². The lowest BCUT2D eigenvalue weighted by Crippen LogP contribution is -2.53. The Morgan fingerprint density at radius 1 is 0.851 bits per heavy atom. The molecule has 0 fully saturated rings. The molecule has 1 N–H and O–H groups in total. The first-order valence-electron chi connectivity index (χ1n) is 15.5. The topological polar surface area (TPSA) is 96.0 Å². The molecule has 0 aromatic heterocycles. The average Bonchev–Trinajstić information content (AvgIpc) is 3.05. The number of methoxy groups -OCH3 is 1. The lowest BCUT2D eigenvalue weighted by atomic mass is 10.0. The highest BCUT2D eigenvalue weighted by Crippen LogP contribution is 2.35.